The molecule has 0 amide bonds. The van der Waals surface area contributed by atoms with Gasteiger partial charge < -0.3 is 10.0 Å². The Hall–Kier alpha value is -1.51. The van der Waals surface area contributed by atoms with E-state index in [-0.39, 0.29) is 6.42 Å². The summed E-state index contributed by atoms with van der Waals surface area (Å²) in [5, 5.41) is 8.73. The summed E-state index contributed by atoms with van der Waals surface area (Å²) in [4.78, 5) is 12.8. The molecule has 1 N–H and O–H groups in total. The molecular weight excluding hydrogens is 202 g/mol. The molecular formula is C13H17NO2. The van der Waals surface area contributed by atoms with E-state index in [0.717, 1.165) is 12.1 Å². The number of likely N-dealkylation sites (N-methyl/N-ethyl adjacent to an activating group) is 1. The molecule has 0 spiro atoms. The number of para-hydroxylation sites is 1. The zero-order chi connectivity index (χ0) is 11.7. The monoisotopic (exact) mass is 219 g/mol. The lowest BCUT2D eigenvalue weighted by Gasteiger charge is -2.16. The Balaban J connectivity index is 2.30. The van der Waals surface area contributed by atoms with Crippen molar-refractivity contribution >= 4 is 11.7 Å². The number of aliphatic carboxylic acids is 1. The van der Waals surface area contributed by atoms with Gasteiger partial charge in [0.05, 0.1) is 0 Å². The maximum Gasteiger partial charge on any atom is 0.303 e. The molecule has 1 aliphatic rings. The van der Waals surface area contributed by atoms with E-state index in [2.05, 4.69) is 24.9 Å². The van der Waals surface area contributed by atoms with Gasteiger partial charge in [-0.05, 0) is 17.5 Å². The third-order valence-corrected chi connectivity index (χ3v) is 3.22. The highest BCUT2D eigenvalue weighted by Crippen LogP contribution is 2.37. The summed E-state index contributed by atoms with van der Waals surface area (Å²) in [6.45, 7) is 3.24. The molecule has 2 rings (SSSR count). The SMILES string of the molecule is CC1CN(C)c2c(CCC(=O)O)cccc21. The van der Waals surface area contributed by atoms with Gasteiger partial charge in [0, 0.05) is 31.6 Å². The summed E-state index contributed by atoms with van der Waals surface area (Å²) in [7, 11) is 2.08. The number of aryl methyl sites for hydroxylation is 1. The van der Waals surface area contributed by atoms with Crippen molar-refractivity contribution in [3.63, 3.8) is 0 Å². The summed E-state index contributed by atoms with van der Waals surface area (Å²) in [5.74, 6) is -0.184. The van der Waals surface area contributed by atoms with Crippen LogP contribution in [0.1, 0.15) is 30.4 Å². The van der Waals surface area contributed by atoms with Crippen LogP contribution in [-0.4, -0.2) is 24.7 Å². The fourth-order valence-electron chi connectivity index (χ4n) is 2.52. The lowest BCUT2D eigenvalue weighted by molar-refractivity contribution is -0.136. The smallest absolute Gasteiger partial charge is 0.303 e. The molecule has 3 nitrogen and oxygen atoms in total. The van der Waals surface area contributed by atoms with Crippen LogP contribution in [0.5, 0.6) is 0 Å². The topological polar surface area (TPSA) is 40.5 Å². The number of carbonyl (C=O) groups is 1. The molecule has 0 saturated heterocycles. The number of anilines is 1. The summed E-state index contributed by atoms with van der Waals surface area (Å²) in [6.07, 6.45) is 0.828. The summed E-state index contributed by atoms with van der Waals surface area (Å²) < 4.78 is 0. The number of carboxylic acids is 1. The molecule has 1 aromatic carbocycles. The first-order valence-electron chi connectivity index (χ1n) is 5.64. The minimum Gasteiger partial charge on any atom is -0.481 e. The second-order valence-electron chi connectivity index (χ2n) is 4.53. The average Bonchev–Trinajstić information content (AvgIpc) is 2.52. The van der Waals surface area contributed by atoms with E-state index in [1.807, 2.05) is 12.1 Å². The van der Waals surface area contributed by atoms with Gasteiger partial charge in [-0.25, -0.2) is 0 Å². The summed E-state index contributed by atoms with van der Waals surface area (Å²) in [5.41, 5.74) is 3.76. The van der Waals surface area contributed by atoms with E-state index >= 15 is 0 Å². The van der Waals surface area contributed by atoms with Crippen LogP contribution in [-0.2, 0) is 11.2 Å². The van der Waals surface area contributed by atoms with E-state index in [1.54, 1.807) is 0 Å². The number of carboxylic acid groups (broad SMARTS) is 1. The highest BCUT2D eigenvalue weighted by atomic mass is 16.4. The van der Waals surface area contributed by atoms with Gasteiger partial charge in [-0.15, -0.1) is 0 Å². The first-order valence-corrected chi connectivity index (χ1v) is 5.64. The molecule has 0 aromatic heterocycles. The molecule has 0 bridgehead atoms. The zero-order valence-corrected chi connectivity index (χ0v) is 9.73. The average molecular weight is 219 g/mol. The predicted octanol–water partition coefficient (Wildman–Crippen LogP) is 2.26. The molecule has 16 heavy (non-hydrogen) atoms. The van der Waals surface area contributed by atoms with Gasteiger partial charge >= 0.3 is 5.97 Å². The van der Waals surface area contributed by atoms with Crippen LogP contribution in [0.3, 0.4) is 0 Å². The molecule has 0 fully saturated rings. The molecule has 0 aliphatic carbocycles. The number of rotatable bonds is 3. The normalized spacial score (nSPS) is 18.6. The lowest BCUT2D eigenvalue weighted by atomic mass is 9.98. The molecule has 1 aliphatic heterocycles. The van der Waals surface area contributed by atoms with Crippen molar-refractivity contribution in [3.8, 4) is 0 Å². The van der Waals surface area contributed by atoms with Crippen LogP contribution in [0.4, 0.5) is 5.69 Å². The Bertz CT molecular complexity index is 414. The van der Waals surface area contributed by atoms with Crippen molar-refractivity contribution < 1.29 is 9.90 Å². The molecule has 1 atom stereocenters. The molecule has 0 radical (unpaired) electrons. The predicted molar refractivity (Wildman–Crippen MR) is 64.1 cm³/mol. The van der Waals surface area contributed by atoms with Gasteiger partial charge in [0.2, 0.25) is 0 Å². The van der Waals surface area contributed by atoms with Gasteiger partial charge in [0.15, 0.2) is 0 Å². The maximum absolute atomic E-state index is 10.6. The standard InChI is InChI=1S/C13H17NO2/c1-9-8-14(2)13-10(6-7-12(15)16)4-3-5-11(9)13/h3-5,9H,6-8H2,1-2H3,(H,15,16). The van der Waals surface area contributed by atoms with E-state index in [4.69, 9.17) is 5.11 Å². The van der Waals surface area contributed by atoms with E-state index < -0.39 is 5.97 Å². The van der Waals surface area contributed by atoms with Gasteiger partial charge in [-0.3, -0.25) is 4.79 Å². The van der Waals surface area contributed by atoms with E-state index in [1.165, 1.54) is 11.3 Å². The van der Waals surface area contributed by atoms with Crippen molar-refractivity contribution in [1.82, 2.24) is 0 Å². The quantitative estimate of drug-likeness (QED) is 0.847. The number of hydrogen-bond donors (Lipinski definition) is 1. The first kappa shape index (κ1) is 11.0. The Kier molecular flexibility index (Phi) is 2.86. The van der Waals surface area contributed by atoms with Crippen LogP contribution >= 0.6 is 0 Å². The summed E-state index contributed by atoms with van der Waals surface area (Å²) >= 11 is 0. The highest BCUT2D eigenvalue weighted by Gasteiger charge is 2.24. The van der Waals surface area contributed by atoms with Crippen molar-refractivity contribution in [2.75, 3.05) is 18.5 Å². The van der Waals surface area contributed by atoms with E-state index in [0.29, 0.717) is 12.3 Å². The van der Waals surface area contributed by atoms with Crippen molar-refractivity contribution in [1.29, 1.82) is 0 Å². The molecule has 3 heteroatoms. The minimum atomic E-state index is -0.730. The maximum atomic E-state index is 10.6. The number of fused-ring (bicyclic) bond motifs is 1. The summed E-state index contributed by atoms with van der Waals surface area (Å²) in [6, 6.07) is 6.22. The Morgan fingerprint density at radius 1 is 1.56 bits per heavy atom. The fourth-order valence-corrected chi connectivity index (χ4v) is 2.52. The second-order valence-corrected chi connectivity index (χ2v) is 4.53. The van der Waals surface area contributed by atoms with Crippen molar-refractivity contribution in [2.45, 2.75) is 25.7 Å². The Labute approximate surface area is 95.7 Å². The largest absolute Gasteiger partial charge is 0.481 e. The number of nitrogens with zero attached hydrogens (tertiary/aromatic N) is 1. The van der Waals surface area contributed by atoms with Crippen LogP contribution in [0.25, 0.3) is 0 Å². The van der Waals surface area contributed by atoms with Gasteiger partial charge in [0.25, 0.3) is 0 Å². The van der Waals surface area contributed by atoms with Crippen LogP contribution in [0.2, 0.25) is 0 Å². The molecule has 1 heterocycles. The van der Waals surface area contributed by atoms with Gasteiger partial charge in [0.1, 0.15) is 0 Å². The Morgan fingerprint density at radius 3 is 3.00 bits per heavy atom. The number of hydrogen-bond acceptors (Lipinski definition) is 2. The minimum absolute atomic E-state index is 0.207. The highest BCUT2D eigenvalue weighted by molar-refractivity contribution is 5.69. The Morgan fingerprint density at radius 2 is 2.31 bits per heavy atom. The molecule has 0 saturated carbocycles. The zero-order valence-electron chi connectivity index (χ0n) is 9.73. The van der Waals surface area contributed by atoms with Crippen LogP contribution < -0.4 is 4.90 Å². The van der Waals surface area contributed by atoms with Crippen LogP contribution in [0, 0.1) is 0 Å². The van der Waals surface area contributed by atoms with Crippen molar-refractivity contribution in [3.05, 3.63) is 29.3 Å². The van der Waals surface area contributed by atoms with Crippen molar-refractivity contribution in [2.24, 2.45) is 0 Å². The van der Waals surface area contributed by atoms with Gasteiger partial charge in [-0.1, -0.05) is 25.1 Å². The third-order valence-electron chi connectivity index (χ3n) is 3.22. The fraction of sp³-hybridized carbons (Fsp3) is 0.462. The third kappa shape index (κ3) is 1.90. The van der Waals surface area contributed by atoms with Crippen LogP contribution in [0.15, 0.2) is 18.2 Å². The second kappa shape index (κ2) is 4.16. The molecule has 86 valence electrons. The molecule has 1 unspecified atom stereocenters. The number of benzene rings is 1. The lowest BCUT2D eigenvalue weighted by Crippen LogP contribution is -2.15. The molecule has 1 aromatic rings. The van der Waals surface area contributed by atoms with Gasteiger partial charge in [-0.2, -0.15) is 0 Å². The first-order chi connectivity index (χ1) is 7.59. The van der Waals surface area contributed by atoms with E-state index in [9.17, 15) is 4.79 Å².